The van der Waals surface area contributed by atoms with Crippen molar-refractivity contribution in [3.05, 3.63) is 12.7 Å². The molecule has 1 amide bonds. The van der Waals surface area contributed by atoms with E-state index in [9.17, 15) is 18.0 Å². The number of hydrogen-bond acceptors (Lipinski definition) is 6. The summed E-state index contributed by atoms with van der Waals surface area (Å²) in [7, 11) is 0. The van der Waals surface area contributed by atoms with Gasteiger partial charge in [0.2, 0.25) is 0 Å². The normalized spacial score (nSPS) is 39.0. The zero-order valence-corrected chi connectivity index (χ0v) is 14.8. The van der Waals surface area contributed by atoms with Gasteiger partial charge in [-0.05, 0) is 27.7 Å². The molecular formula is C16H22F3NO6. The summed E-state index contributed by atoms with van der Waals surface area (Å²) >= 11 is 0. The van der Waals surface area contributed by atoms with Crippen molar-refractivity contribution in [2.24, 2.45) is 0 Å². The van der Waals surface area contributed by atoms with Crippen molar-refractivity contribution in [3.63, 3.8) is 0 Å². The van der Waals surface area contributed by atoms with Crippen LogP contribution < -0.4 is 5.32 Å². The van der Waals surface area contributed by atoms with Crippen LogP contribution in [0.5, 0.6) is 0 Å². The average molecular weight is 381 g/mol. The van der Waals surface area contributed by atoms with Crippen LogP contribution in [-0.2, 0) is 28.5 Å². The molecule has 7 nitrogen and oxygen atoms in total. The number of carbonyl (C=O) groups excluding carboxylic acids is 1. The van der Waals surface area contributed by atoms with Crippen LogP contribution >= 0.6 is 0 Å². The highest BCUT2D eigenvalue weighted by Crippen LogP contribution is 2.44. The summed E-state index contributed by atoms with van der Waals surface area (Å²) in [6, 6.07) is -1.16. The largest absolute Gasteiger partial charge is 0.471 e. The number of amides is 1. The number of ether oxygens (including phenoxy) is 5. The Bertz CT molecular complexity index is 593. The molecule has 3 aliphatic heterocycles. The van der Waals surface area contributed by atoms with Gasteiger partial charge in [-0.1, -0.05) is 6.08 Å². The smallest absolute Gasteiger partial charge is 0.342 e. The molecule has 148 valence electrons. The van der Waals surface area contributed by atoms with Gasteiger partial charge in [0.05, 0.1) is 6.04 Å². The summed E-state index contributed by atoms with van der Waals surface area (Å²) in [6.07, 6.45) is -7.76. The minimum atomic E-state index is -5.03. The second-order valence-electron chi connectivity index (χ2n) is 7.37. The van der Waals surface area contributed by atoms with Crippen LogP contribution in [0.4, 0.5) is 13.2 Å². The molecule has 0 aliphatic carbocycles. The van der Waals surface area contributed by atoms with Gasteiger partial charge in [0.15, 0.2) is 17.9 Å². The fourth-order valence-electron chi connectivity index (χ4n) is 3.44. The standard InChI is InChI=1S/C16H22F3NO6/c1-6-7(20-13(21)16(17,18)19)8-9-10(24-14(2,3)23-9)11-12(22-8)26-15(4,5)25-11/h6-12H,1H2,2-5H3,(H,20,21)/t7-,8-,9+,10+,11-,12-/m1/s1. The molecular weight excluding hydrogens is 359 g/mol. The number of halogens is 3. The van der Waals surface area contributed by atoms with Crippen LogP contribution in [0.3, 0.4) is 0 Å². The number of fused-ring (bicyclic) bond motifs is 3. The Balaban J connectivity index is 1.86. The van der Waals surface area contributed by atoms with Crippen LogP contribution in [0.25, 0.3) is 0 Å². The Morgan fingerprint density at radius 2 is 1.58 bits per heavy atom. The maximum Gasteiger partial charge on any atom is 0.471 e. The van der Waals surface area contributed by atoms with E-state index in [1.165, 1.54) is 6.08 Å². The lowest BCUT2D eigenvalue weighted by molar-refractivity contribution is -0.238. The van der Waals surface area contributed by atoms with Crippen LogP contribution in [0.1, 0.15) is 27.7 Å². The third-order valence-electron chi connectivity index (χ3n) is 4.35. The third kappa shape index (κ3) is 3.61. The third-order valence-corrected chi connectivity index (χ3v) is 4.35. The predicted molar refractivity (Wildman–Crippen MR) is 80.7 cm³/mol. The second-order valence-corrected chi connectivity index (χ2v) is 7.37. The average Bonchev–Trinajstić information content (AvgIpc) is 2.96. The SMILES string of the molecule is C=C[C@@H](NC(=O)C(F)(F)F)[C@H]1O[C@@H]2OC(C)(C)O[C@@H]2[C@H]2OC(C)(C)O[C@H]21. The van der Waals surface area contributed by atoms with Gasteiger partial charge in [-0.15, -0.1) is 6.58 Å². The number of rotatable bonds is 3. The number of nitrogens with one attached hydrogen (secondary N) is 1. The Labute approximate surface area is 148 Å². The molecule has 0 bridgehead atoms. The fourth-order valence-corrected chi connectivity index (χ4v) is 3.44. The van der Waals surface area contributed by atoms with Gasteiger partial charge in [0, 0.05) is 0 Å². The minimum Gasteiger partial charge on any atom is -0.342 e. The lowest BCUT2D eigenvalue weighted by Gasteiger charge is -2.40. The summed E-state index contributed by atoms with van der Waals surface area (Å²) < 4.78 is 66.9. The van der Waals surface area contributed by atoms with E-state index in [-0.39, 0.29) is 0 Å². The molecule has 0 aromatic carbocycles. The van der Waals surface area contributed by atoms with Gasteiger partial charge < -0.3 is 29.0 Å². The van der Waals surface area contributed by atoms with Gasteiger partial charge in [0.1, 0.15) is 24.4 Å². The highest BCUT2D eigenvalue weighted by atomic mass is 19.4. The van der Waals surface area contributed by atoms with Crippen molar-refractivity contribution in [1.29, 1.82) is 0 Å². The molecule has 6 atom stereocenters. The second kappa shape index (κ2) is 6.16. The maximum atomic E-state index is 12.6. The fraction of sp³-hybridized carbons (Fsp3) is 0.812. The molecule has 3 aliphatic rings. The monoisotopic (exact) mass is 381 g/mol. The van der Waals surface area contributed by atoms with E-state index in [0.29, 0.717) is 0 Å². The summed E-state index contributed by atoms with van der Waals surface area (Å²) in [5.41, 5.74) is 0. The van der Waals surface area contributed by atoms with Gasteiger partial charge in [-0.2, -0.15) is 13.2 Å². The van der Waals surface area contributed by atoms with E-state index in [2.05, 4.69) is 6.58 Å². The summed E-state index contributed by atoms with van der Waals surface area (Å²) in [5.74, 6) is -4.04. The number of hydrogen-bond donors (Lipinski definition) is 1. The molecule has 0 aromatic rings. The summed E-state index contributed by atoms with van der Waals surface area (Å²) in [5, 5.41) is 1.88. The highest BCUT2D eigenvalue weighted by Gasteiger charge is 2.62. The first-order valence-electron chi connectivity index (χ1n) is 8.20. The molecule has 0 radical (unpaired) electrons. The molecule has 10 heteroatoms. The van der Waals surface area contributed by atoms with Crippen LogP contribution in [0.2, 0.25) is 0 Å². The molecule has 1 N–H and O–H groups in total. The zero-order chi connectivity index (χ0) is 19.5. The van der Waals surface area contributed by atoms with Crippen molar-refractivity contribution in [1.82, 2.24) is 5.32 Å². The minimum absolute atomic E-state index is 0.614. The first-order valence-corrected chi connectivity index (χ1v) is 8.20. The summed E-state index contributed by atoms with van der Waals surface area (Å²) in [4.78, 5) is 11.4. The van der Waals surface area contributed by atoms with Crippen LogP contribution in [0.15, 0.2) is 12.7 Å². The first-order chi connectivity index (χ1) is 11.8. The highest BCUT2D eigenvalue weighted by molar-refractivity contribution is 5.82. The molecule has 3 fully saturated rings. The molecule has 0 spiro atoms. The Morgan fingerprint density at radius 3 is 2.15 bits per heavy atom. The molecule has 3 rings (SSSR count). The van der Waals surface area contributed by atoms with Gasteiger partial charge in [0.25, 0.3) is 0 Å². The zero-order valence-electron chi connectivity index (χ0n) is 14.8. The molecule has 0 saturated carbocycles. The van der Waals surface area contributed by atoms with Crippen LogP contribution in [-0.4, -0.2) is 60.4 Å². The van der Waals surface area contributed by atoms with E-state index in [1.54, 1.807) is 27.7 Å². The Kier molecular flexibility index (Phi) is 4.64. The van der Waals surface area contributed by atoms with Crippen LogP contribution in [0, 0.1) is 0 Å². The Hall–Kier alpha value is -1.20. The van der Waals surface area contributed by atoms with Crippen molar-refractivity contribution in [3.8, 4) is 0 Å². The quantitative estimate of drug-likeness (QED) is 0.749. The molecule has 0 aromatic heterocycles. The van der Waals surface area contributed by atoms with Gasteiger partial charge >= 0.3 is 12.1 Å². The molecule has 3 saturated heterocycles. The van der Waals surface area contributed by atoms with Crippen molar-refractivity contribution in [2.75, 3.05) is 0 Å². The maximum absolute atomic E-state index is 12.6. The van der Waals surface area contributed by atoms with Crippen molar-refractivity contribution in [2.45, 2.75) is 82.2 Å². The first kappa shape index (κ1) is 19.6. The molecule has 0 unspecified atom stereocenters. The van der Waals surface area contributed by atoms with Gasteiger partial charge in [-0.25, -0.2) is 0 Å². The molecule has 3 heterocycles. The topological polar surface area (TPSA) is 75.3 Å². The molecule has 26 heavy (non-hydrogen) atoms. The van der Waals surface area contributed by atoms with E-state index in [1.807, 2.05) is 5.32 Å². The van der Waals surface area contributed by atoms with Gasteiger partial charge in [-0.3, -0.25) is 4.79 Å². The lowest BCUT2D eigenvalue weighted by Crippen LogP contribution is -2.61. The summed E-state index contributed by atoms with van der Waals surface area (Å²) in [6.45, 7) is 10.2. The van der Waals surface area contributed by atoms with Crippen molar-refractivity contribution >= 4 is 5.91 Å². The lowest BCUT2D eigenvalue weighted by atomic mass is 9.94. The Morgan fingerprint density at radius 1 is 1.04 bits per heavy atom. The number of alkyl halides is 3. The van der Waals surface area contributed by atoms with E-state index in [0.717, 1.165) is 0 Å². The van der Waals surface area contributed by atoms with E-state index >= 15 is 0 Å². The predicted octanol–water partition coefficient (Wildman–Crippen LogP) is 1.62. The van der Waals surface area contributed by atoms with E-state index < -0.39 is 60.4 Å². The number of carbonyl (C=O) groups is 1. The van der Waals surface area contributed by atoms with E-state index in [4.69, 9.17) is 23.7 Å². The van der Waals surface area contributed by atoms with Crippen molar-refractivity contribution < 1.29 is 41.7 Å².